The van der Waals surface area contributed by atoms with Crippen LogP contribution < -0.4 is 4.52 Å². The summed E-state index contributed by atoms with van der Waals surface area (Å²) in [6, 6.07) is 7.17. The summed E-state index contributed by atoms with van der Waals surface area (Å²) in [5.74, 6) is 0.568. The summed E-state index contributed by atoms with van der Waals surface area (Å²) < 4.78 is 15.2. The summed E-state index contributed by atoms with van der Waals surface area (Å²) in [6.45, 7) is 0. The van der Waals surface area contributed by atoms with E-state index in [4.69, 9.17) is 25.2 Å². The van der Waals surface area contributed by atoms with E-state index < -0.39 is 8.60 Å². The maximum Gasteiger partial charge on any atom is 0.396 e. The number of benzene rings is 1. The first-order chi connectivity index (χ1) is 6.27. The lowest BCUT2D eigenvalue weighted by molar-refractivity contribution is 0.277. The molecule has 0 radical (unpaired) electrons. The summed E-state index contributed by atoms with van der Waals surface area (Å²) in [5, 5.41) is 0.545. The third-order valence-electron chi connectivity index (χ3n) is 1.31. The largest absolute Gasteiger partial charge is 0.425 e. The van der Waals surface area contributed by atoms with Crippen molar-refractivity contribution in [2.24, 2.45) is 0 Å². The predicted molar refractivity (Wildman–Crippen MR) is 53.0 cm³/mol. The second kappa shape index (κ2) is 5.40. The minimum atomic E-state index is -1.33. The van der Waals surface area contributed by atoms with E-state index in [1.807, 2.05) is 12.1 Å². The molecule has 0 aliphatic carbocycles. The zero-order chi connectivity index (χ0) is 9.68. The summed E-state index contributed by atoms with van der Waals surface area (Å²) in [7, 11) is 1.71. The van der Waals surface area contributed by atoms with Crippen molar-refractivity contribution in [2.75, 3.05) is 14.2 Å². The van der Waals surface area contributed by atoms with Crippen molar-refractivity contribution in [2.45, 2.75) is 0 Å². The molecule has 0 N–H and O–H groups in total. The Bertz CT molecular complexity index is 265. The summed E-state index contributed by atoms with van der Waals surface area (Å²) in [4.78, 5) is 0. The molecule has 0 heterocycles. The lowest BCUT2D eigenvalue weighted by atomic mass is 10.3. The number of hydrogen-bond donors (Lipinski definition) is 0. The van der Waals surface area contributed by atoms with Gasteiger partial charge in [0.1, 0.15) is 5.75 Å². The second-order valence-corrected chi connectivity index (χ2v) is 3.88. The van der Waals surface area contributed by atoms with Crippen molar-refractivity contribution >= 4 is 20.2 Å². The smallest absolute Gasteiger partial charge is 0.396 e. The Kier molecular flexibility index (Phi) is 4.46. The van der Waals surface area contributed by atoms with Crippen LogP contribution in [0.25, 0.3) is 0 Å². The molecule has 0 unspecified atom stereocenters. The molecule has 72 valence electrons. The molecule has 0 aliphatic rings. The SMILES string of the molecule is COP(OC)Oc1ccccc1Cl. The van der Waals surface area contributed by atoms with Crippen LogP contribution in [0.1, 0.15) is 0 Å². The molecule has 1 aromatic rings. The molecular formula is C8H10ClO3P. The van der Waals surface area contributed by atoms with Gasteiger partial charge in [0.05, 0.1) is 5.02 Å². The van der Waals surface area contributed by atoms with Crippen LogP contribution in [0.2, 0.25) is 5.02 Å². The molecule has 0 aromatic heterocycles. The molecule has 0 bridgehead atoms. The van der Waals surface area contributed by atoms with E-state index in [0.29, 0.717) is 10.8 Å². The predicted octanol–water partition coefficient (Wildman–Crippen LogP) is 3.24. The Morgan fingerprint density at radius 1 is 1.15 bits per heavy atom. The standard InChI is InChI=1S/C8H10ClO3P/c1-10-13(11-2)12-8-6-4-3-5-7(8)9/h3-6H,1-2H3. The average Bonchev–Trinajstić information content (AvgIpc) is 2.17. The van der Waals surface area contributed by atoms with Crippen molar-refractivity contribution < 1.29 is 13.6 Å². The van der Waals surface area contributed by atoms with E-state index in [1.165, 1.54) is 14.2 Å². The molecule has 0 amide bonds. The number of halogens is 1. The quantitative estimate of drug-likeness (QED) is 0.729. The third kappa shape index (κ3) is 3.12. The van der Waals surface area contributed by atoms with Gasteiger partial charge in [0.2, 0.25) is 0 Å². The van der Waals surface area contributed by atoms with Crippen molar-refractivity contribution in [1.82, 2.24) is 0 Å². The fraction of sp³-hybridized carbons (Fsp3) is 0.250. The monoisotopic (exact) mass is 220 g/mol. The molecule has 1 aromatic carbocycles. The second-order valence-electron chi connectivity index (χ2n) is 2.11. The molecule has 13 heavy (non-hydrogen) atoms. The number of hydrogen-bond acceptors (Lipinski definition) is 3. The highest BCUT2D eigenvalue weighted by Crippen LogP contribution is 2.40. The van der Waals surface area contributed by atoms with Gasteiger partial charge in [-0.1, -0.05) is 23.7 Å². The number of rotatable bonds is 4. The first-order valence-corrected chi connectivity index (χ1v) is 5.06. The van der Waals surface area contributed by atoms with Crippen molar-refractivity contribution in [3.8, 4) is 5.75 Å². The highest BCUT2D eigenvalue weighted by atomic mass is 35.5. The Balaban J connectivity index is 2.67. The van der Waals surface area contributed by atoms with Crippen LogP contribution >= 0.6 is 20.2 Å². The minimum absolute atomic E-state index is 0.545. The van der Waals surface area contributed by atoms with Crippen molar-refractivity contribution in [1.29, 1.82) is 0 Å². The van der Waals surface area contributed by atoms with Crippen LogP contribution in [0.4, 0.5) is 0 Å². The van der Waals surface area contributed by atoms with Gasteiger partial charge in [0.25, 0.3) is 0 Å². The average molecular weight is 221 g/mol. The fourth-order valence-corrected chi connectivity index (χ4v) is 1.59. The molecule has 0 saturated carbocycles. The Hall–Kier alpha value is -0.340. The van der Waals surface area contributed by atoms with Gasteiger partial charge in [0, 0.05) is 14.2 Å². The van der Waals surface area contributed by atoms with Crippen LogP contribution in [0.3, 0.4) is 0 Å². The normalized spacial score (nSPS) is 10.5. The van der Waals surface area contributed by atoms with Gasteiger partial charge >= 0.3 is 8.60 Å². The van der Waals surface area contributed by atoms with Crippen LogP contribution in [-0.4, -0.2) is 14.2 Å². The van der Waals surface area contributed by atoms with Crippen molar-refractivity contribution in [3.63, 3.8) is 0 Å². The maximum atomic E-state index is 5.86. The van der Waals surface area contributed by atoms with Gasteiger partial charge in [-0.2, -0.15) is 0 Å². The molecule has 0 fully saturated rings. The number of para-hydroxylation sites is 1. The van der Waals surface area contributed by atoms with E-state index in [1.54, 1.807) is 12.1 Å². The van der Waals surface area contributed by atoms with E-state index in [-0.39, 0.29) is 0 Å². The Morgan fingerprint density at radius 3 is 2.31 bits per heavy atom. The van der Waals surface area contributed by atoms with Crippen LogP contribution in [0, 0.1) is 0 Å². The van der Waals surface area contributed by atoms with Crippen molar-refractivity contribution in [3.05, 3.63) is 29.3 Å². The molecule has 0 atom stereocenters. The zero-order valence-electron chi connectivity index (χ0n) is 7.36. The van der Waals surface area contributed by atoms with E-state index in [2.05, 4.69) is 0 Å². The fourth-order valence-electron chi connectivity index (χ4n) is 0.748. The molecular weight excluding hydrogens is 211 g/mol. The lowest BCUT2D eigenvalue weighted by Crippen LogP contribution is -1.91. The van der Waals surface area contributed by atoms with Gasteiger partial charge in [-0.05, 0) is 12.1 Å². The topological polar surface area (TPSA) is 27.7 Å². The highest BCUT2D eigenvalue weighted by molar-refractivity contribution is 7.42. The highest BCUT2D eigenvalue weighted by Gasteiger charge is 2.11. The molecule has 3 nitrogen and oxygen atoms in total. The Labute approximate surface area is 83.6 Å². The van der Waals surface area contributed by atoms with Gasteiger partial charge in [-0.25, -0.2) is 0 Å². The van der Waals surface area contributed by atoms with E-state index in [0.717, 1.165) is 0 Å². The summed E-state index contributed by atoms with van der Waals surface area (Å²) in [5.41, 5.74) is 0. The van der Waals surface area contributed by atoms with E-state index >= 15 is 0 Å². The first kappa shape index (κ1) is 10.7. The summed E-state index contributed by atoms with van der Waals surface area (Å²) >= 11 is 5.86. The van der Waals surface area contributed by atoms with Gasteiger partial charge < -0.3 is 13.6 Å². The molecule has 5 heteroatoms. The lowest BCUT2D eigenvalue weighted by Gasteiger charge is -2.12. The van der Waals surface area contributed by atoms with Crippen LogP contribution in [0.15, 0.2) is 24.3 Å². The van der Waals surface area contributed by atoms with E-state index in [9.17, 15) is 0 Å². The molecule has 1 rings (SSSR count). The van der Waals surface area contributed by atoms with Gasteiger partial charge in [-0.15, -0.1) is 0 Å². The minimum Gasteiger partial charge on any atom is -0.425 e. The van der Waals surface area contributed by atoms with Gasteiger partial charge in [0.15, 0.2) is 0 Å². The summed E-state index contributed by atoms with van der Waals surface area (Å²) in [6.07, 6.45) is 0. The first-order valence-electron chi connectivity index (χ1n) is 3.58. The molecule has 0 aliphatic heterocycles. The van der Waals surface area contributed by atoms with Crippen LogP contribution in [-0.2, 0) is 9.05 Å². The molecule has 0 spiro atoms. The zero-order valence-corrected chi connectivity index (χ0v) is 9.01. The van der Waals surface area contributed by atoms with Gasteiger partial charge in [-0.3, -0.25) is 0 Å². The Morgan fingerprint density at radius 2 is 1.77 bits per heavy atom. The maximum absolute atomic E-state index is 5.86. The third-order valence-corrected chi connectivity index (χ3v) is 2.56. The van der Waals surface area contributed by atoms with Crippen LogP contribution in [0.5, 0.6) is 5.75 Å². The molecule has 0 saturated heterocycles.